The first-order chi connectivity index (χ1) is 8.67. The van der Waals surface area contributed by atoms with Crippen molar-refractivity contribution in [3.63, 3.8) is 0 Å². The van der Waals surface area contributed by atoms with Gasteiger partial charge in [0.05, 0.1) is 18.6 Å². The molecule has 9 heteroatoms. The van der Waals surface area contributed by atoms with Crippen LogP contribution in [0.15, 0.2) is 0 Å². The molecule has 0 aromatic heterocycles. The summed E-state index contributed by atoms with van der Waals surface area (Å²) in [6.45, 7) is 0.228. The molecule has 1 atom stereocenters. The first kappa shape index (κ1) is 16.4. The van der Waals surface area contributed by atoms with Crippen LogP contribution in [-0.4, -0.2) is 64.6 Å². The van der Waals surface area contributed by atoms with Gasteiger partial charge in [-0.3, -0.25) is 4.79 Å². The third-order valence-corrected chi connectivity index (χ3v) is 6.07. The molecule has 1 heterocycles. The van der Waals surface area contributed by atoms with E-state index in [4.69, 9.17) is 0 Å². The molecule has 0 spiro atoms. The zero-order valence-electron chi connectivity index (χ0n) is 11.0. The summed E-state index contributed by atoms with van der Waals surface area (Å²) in [4.78, 5) is 11.6. The van der Waals surface area contributed by atoms with Gasteiger partial charge in [0.2, 0.25) is 10.0 Å². The van der Waals surface area contributed by atoms with Gasteiger partial charge in [0.1, 0.15) is 15.9 Å². The zero-order valence-corrected chi connectivity index (χ0v) is 12.7. The zero-order chi connectivity index (χ0) is 14.7. The average molecular weight is 313 g/mol. The molecule has 0 aromatic rings. The van der Waals surface area contributed by atoms with Crippen molar-refractivity contribution in [3.05, 3.63) is 0 Å². The van der Waals surface area contributed by atoms with Gasteiger partial charge in [-0.2, -0.15) is 4.31 Å². The highest BCUT2D eigenvalue weighted by molar-refractivity contribution is 7.93. The molecule has 1 aliphatic heterocycles. The molecule has 1 rings (SSSR count). The summed E-state index contributed by atoms with van der Waals surface area (Å²) in [6.07, 6.45) is 2.80. The van der Waals surface area contributed by atoms with Gasteiger partial charge in [-0.1, -0.05) is 0 Å². The summed E-state index contributed by atoms with van der Waals surface area (Å²) in [5.74, 6) is -1.54. The number of carbonyl (C=O) groups is 1. The number of methoxy groups -OCH3 is 1. The maximum absolute atomic E-state index is 12.1. The van der Waals surface area contributed by atoms with Gasteiger partial charge in [0.25, 0.3) is 0 Å². The van der Waals surface area contributed by atoms with E-state index in [1.54, 1.807) is 0 Å². The van der Waals surface area contributed by atoms with E-state index in [1.165, 1.54) is 7.11 Å². The van der Waals surface area contributed by atoms with Gasteiger partial charge in [0.15, 0.2) is 0 Å². The van der Waals surface area contributed by atoms with Crippen molar-refractivity contribution in [2.75, 3.05) is 31.4 Å². The maximum atomic E-state index is 12.1. The Morgan fingerprint density at radius 1 is 1.21 bits per heavy atom. The van der Waals surface area contributed by atoms with Crippen molar-refractivity contribution in [3.8, 4) is 0 Å². The third-order valence-electron chi connectivity index (χ3n) is 3.00. The predicted octanol–water partition coefficient (Wildman–Crippen LogP) is -0.612. The van der Waals surface area contributed by atoms with E-state index in [0.717, 1.165) is 17.0 Å². The highest BCUT2D eigenvalue weighted by Crippen LogP contribution is 2.21. The number of hydrogen-bond donors (Lipinski definition) is 0. The summed E-state index contributed by atoms with van der Waals surface area (Å²) < 4.78 is 52.0. The molecule has 1 aliphatic rings. The largest absolute Gasteiger partial charge is 0.468 e. The molecule has 0 bridgehead atoms. The van der Waals surface area contributed by atoms with E-state index >= 15 is 0 Å². The van der Waals surface area contributed by atoms with E-state index in [1.807, 2.05) is 0 Å². The van der Waals surface area contributed by atoms with Crippen molar-refractivity contribution >= 4 is 25.8 Å². The second-order valence-corrected chi connectivity index (χ2v) is 8.89. The summed E-state index contributed by atoms with van der Waals surface area (Å²) in [5.41, 5.74) is 0. The molecule has 0 radical (unpaired) electrons. The third kappa shape index (κ3) is 4.73. The summed E-state index contributed by atoms with van der Waals surface area (Å²) in [5, 5.41) is 0. The Bertz CT molecular complexity index is 524. The fourth-order valence-corrected chi connectivity index (χ4v) is 5.26. The van der Waals surface area contributed by atoms with Crippen LogP contribution in [0, 0.1) is 0 Å². The lowest BCUT2D eigenvalue weighted by atomic mass is 10.1. The van der Waals surface area contributed by atoms with Crippen molar-refractivity contribution in [1.82, 2.24) is 4.31 Å². The Labute approximate surface area is 113 Å². The molecular weight excluding hydrogens is 294 g/mol. The summed E-state index contributed by atoms with van der Waals surface area (Å²) in [7, 11) is -5.92. The molecular formula is C10H19NO6S2. The lowest BCUT2D eigenvalue weighted by Gasteiger charge is -2.32. The minimum absolute atomic E-state index is 0.228. The van der Waals surface area contributed by atoms with Crippen LogP contribution in [0.3, 0.4) is 0 Å². The van der Waals surface area contributed by atoms with E-state index in [0.29, 0.717) is 12.8 Å². The first-order valence-corrected chi connectivity index (χ1v) is 9.59. The molecule has 0 amide bonds. The van der Waals surface area contributed by atoms with Crippen LogP contribution in [-0.2, 0) is 29.4 Å². The van der Waals surface area contributed by atoms with Crippen molar-refractivity contribution in [1.29, 1.82) is 0 Å². The number of sulfonamides is 1. The molecule has 7 nitrogen and oxygen atoms in total. The van der Waals surface area contributed by atoms with E-state index in [-0.39, 0.29) is 6.54 Å². The molecule has 19 heavy (non-hydrogen) atoms. The number of nitrogens with zero attached hydrogens (tertiary/aromatic N) is 1. The molecule has 0 unspecified atom stereocenters. The maximum Gasteiger partial charge on any atom is 0.324 e. The highest BCUT2D eigenvalue weighted by Gasteiger charge is 2.37. The quantitative estimate of drug-likeness (QED) is 0.628. The number of hydrogen-bond acceptors (Lipinski definition) is 6. The number of carbonyl (C=O) groups excluding carboxylic acids is 1. The highest BCUT2D eigenvalue weighted by atomic mass is 32.2. The molecule has 1 fully saturated rings. The number of sulfone groups is 1. The fraction of sp³-hybridized carbons (Fsp3) is 0.900. The minimum Gasteiger partial charge on any atom is -0.468 e. The Hall–Kier alpha value is -0.670. The molecule has 0 N–H and O–H groups in total. The van der Waals surface area contributed by atoms with Crippen LogP contribution in [0.25, 0.3) is 0 Å². The van der Waals surface area contributed by atoms with Crippen LogP contribution < -0.4 is 0 Å². The van der Waals surface area contributed by atoms with Crippen molar-refractivity contribution < 1.29 is 26.4 Å². The first-order valence-electron chi connectivity index (χ1n) is 5.92. The monoisotopic (exact) mass is 313 g/mol. The second-order valence-electron chi connectivity index (χ2n) is 4.59. The van der Waals surface area contributed by atoms with Gasteiger partial charge >= 0.3 is 5.97 Å². The van der Waals surface area contributed by atoms with Gasteiger partial charge in [0, 0.05) is 12.8 Å². The van der Waals surface area contributed by atoms with Gasteiger partial charge < -0.3 is 4.74 Å². The molecule has 112 valence electrons. The molecule has 0 saturated carbocycles. The summed E-state index contributed by atoms with van der Waals surface area (Å²) >= 11 is 0. The second kappa shape index (κ2) is 6.19. The van der Waals surface area contributed by atoms with E-state index in [9.17, 15) is 21.6 Å². The van der Waals surface area contributed by atoms with E-state index < -0.39 is 43.4 Å². The lowest BCUT2D eigenvalue weighted by Crippen LogP contribution is -2.49. The SMILES string of the molecule is COC(=O)[C@H]1CCCCN1S(=O)(=O)CCS(C)(=O)=O. The Balaban J connectivity index is 2.87. The fourth-order valence-electron chi connectivity index (χ4n) is 1.98. The normalized spacial score (nSPS) is 22.1. The molecule has 0 aliphatic carbocycles. The van der Waals surface area contributed by atoms with Gasteiger partial charge in [-0.15, -0.1) is 0 Å². The predicted molar refractivity (Wildman–Crippen MR) is 69.9 cm³/mol. The summed E-state index contributed by atoms with van der Waals surface area (Å²) in [6, 6.07) is -0.830. The smallest absolute Gasteiger partial charge is 0.324 e. The Morgan fingerprint density at radius 3 is 2.37 bits per heavy atom. The molecule has 0 aromatic carbocycles. The number of piperidine rings is 1. The van der Waals surface area contributed by atoms with Crippen LogP contribution in [0.1, 0.15) is 19.3 Å². The number of esters is 1. The van der Waals surface area contributed by atoms with Crippen LogP contribution in [0.5, 0.6) is 0 Å². The average Bonchev–Trinajstić information content (AvgIpc) is 2.35. The van der Waals surface area contributed by atoms with Crippen LogP contribution >= 0.6 is 0 Å². The standard InChI is InChI=1S/C10H19NO6S2/c1-17-10(12)9-5-3-4-6-11(9)19(15,16)8-7-18(2,13)14/h9H,3-8H2,1-2H3/t9-/m1/s1. The van der Waals surface area contributed by atoms with Crippen LogP contribution in [0.2, 0.25) is 0 Å². The van der Waals surface area contributed by atoms with E-state index in [2.05, 4.69) is 4.74 Å². The number of rotatable bonds is 5. The minimum atomic E-state index is -3.77. The number of ether oxygens (including phenoxy) is 1. The van der Waals surface area contributed by atoms with Crippen LogP contribution in [0.4, 0.5) is 0 Å². The van der Waals surface area contributed by atoms with Gasteiger partial charge in [-0.05, 0) is 19.3 Å². The lowest BCUT2D eigenvalue weighted by molar-refractivity contribution is -0.146. The van der Waals surface area contributed by atoms with Crippen molar-refractivity contribution in [2.24, 2.45) is 0 Å². The topological polar surface area (TPSA) is 97.8 Å². The van der Waals surface area contributed by atoms with Gasteiger partial charge in [-0.25, -0.2) is 16.8 Å². The Morgan fingerprint density at radius 2 is 1.84 bits per heavy atom. The molecule has 1 saturated heterocycles. The van der Waals surface area contributed by atoms with Crippen molar-refractivity contribution in [2.45, 2.75) is 25.3 Å². The Kier molecular flexibility index (Phi) is 5.34.